The number of halogens is 3. The van der Waals surface area contributed by atoms with Gasteiger partial charge in [0.15, 0.2) is 6.61 Å². The highest BCUT2D eigenvalue weighted by Crippen LogP contribution is 2.42. The van der Waals surface area contributed by atoms with E-state index in [0.717, 1.165) is 24.1 Å². The first kappa shape index (κ1) is 18.7. The molecule has 9 heteroatoms. The van der Waals surface area contributed by atoms with Crippen LogP contribution in [0.3, 0.4) is 0 Å². The van der Waals surface area contributed by atoms with E-state index in [1.165, 1.54) is 0 Å². The molecule has 0 unspecified atom stereocenters. The van der Waals surface area contributed by atoms with Gasteiger partial charge in [0.1, 0.15) is 0 Å². The first-order valence-corrected chi connectivity index (χ1v) is 8.37. The molecule has 1 aliphatic rings. The van der Waals surface area contributed by atoms with E-state index in [2.05, 4.69) is 24.0 Å². The molecule has 134 valence electrons. The summed E-state index contributed by atoms with van der Waals surface area (Å²) in [7, 11) is 0. The molecule has 0 N–H and O–H groups in total. The minimum absolute atomic E-state index is 0.106. The molecule has 24 heavy (non-hydrogen) atoms. The van der Waals surface area contributed by atoms with Crippen LogP contribution in [0.2, 0.25) is 0 Å². The van der Waals surface area contributed by atoms with Crippen LogP contribution in [0.25, 0.3) is 0 Å². The first-order chi connectivity index (χ1) is 11.0. The Labute approximate surface area is 142 Å². The lowest BCUT2D eigenvalue weighted by atomic mass is 9.89. The second-order valence-corrected chi connectivity index (χ2v) is 7.48. The molecule has 0 saturated carbocycles. The average Bonchev–Trinajstić information content (AvgIpc) is 3.02. The fraction of sp³-hybridized carbons (Fsp3) is 0.667. The molecule has 1 aliphatic carbocycles. The van der Waals surface area contributed by atoms with Crippen molar-refractivity contribution in [3.63, 3.8) is 0 Å². The maximum atomic E-state index is 12.5. The molecule has 1 aromatic heterocycles. The van der Waals surface area contributed by atoms with E-state index >= 15 is 0 Å². The predicted octanol–water partition coefficient (Wildman–Crippen LogP) is 3.88. The van der Waals surface area contributed by atoms with E-state index in [1.54, 1.807) is 4.90 Å². The Morgan fingerprint density at radius 2 is 2.00 bits per heavy atom. The van der Waals surface area contributed by atoms with E-state index in [9.17, 15) is 18.0 Å². The van der Waals surface area contributed by atoms with E-state index < -0.39 is 11.2 Å². The number of nitrogens with zero attached hydrogens (tertiary/aromatic N) is 3. The van der Waals surface area contributed by atoms with Gasteiger partial charge in [-0.1, -0.05) is 35.9 Å². The van der Waals surface area contributed by atoms with Crippen LogP contribution in [0.1, 0.15) is 45.5 Å². The summed E-state index contributed by atoms with van der Waals surface area (Å²) >= 11 is 0.281. The van der Waals surface area contributed by atoms with Crippen molar-refractivity contribution in [3.05, 3.63) is 16.3 Å². The van der Waals surface area contributed by atoms with Crippen molar-refractivity contribution in [2.75, 3.05) is 13.2 Å². The van der Waals surface area contributed by atoms with Crippen LogP contribution in [0.15, 0.2) is 11.3 Å². The molecule has 0 bridgehead atoms. The standard InChI is InChI=1S/C15H20F3N3O2S/c1-5-21(10-7-14(3,4)6-9(10)2)11(22)8-23-13-20-19-12(24-13)15(16,17)18/h5-8H2,1-4H3. The number of aromatic nitrogens is 2. The first-order valence-electron chi connectivity index (χ1n) is 7.56. The highest BCUT2D eigenvalue weighted by Gasteiger charge is 2.36. The normalized spacial score (nSPS) is 17.3. The Hall–Kier alpha value is -1.64. The maximum absolute atomic E-state index is 12.5. The number of rotatable bonds is 5. The molecule has 0 aliphatic heterocycles. The molecule has 0 atom stereocenters. The molecular formula is C15H20F3N3O2S. The van der Waals surface area contributed by atoms with Gasteiger partial charge < -0.3 is 9.64 Å². The average molecular weight is 363 g/mol. The highest BCUT2D eigenvalue weighted by atomic mass is 32.1. The Kier molecular flexibility index (Phi) is 5.22. The Balaban J connectivity index is 2.01. The zero-order chi connectivity index (χ0) is 18.1. The smallest absolute Gasteiger partial charge is 0.445 e. The Morgan fingerprint density at radius 1 is 1.33 bits per heavy atom. The molecule has 0 saturated heterocycles. The van der Waals surface area contributed by atoms with Gasteiger partial charge in [-0.25, -0.2) is 0 Å². The van der Waals surface area contributed by atoms with Gasteiger partial charge in [-0.15, -0.1) is 5.10 Å². The van der Waals surface area contributed by atoms with Gasteiger partial charge in [0.25, 0.3) is 11.1 Å². The number of carbonyl (C=O) groups excluding carboxylic acids is 1. The van der Waals surface area contributed by atoms with E-state index in [-0.39, 0.29) is 34.5 Å². The van der Waals surface area contributed by atoms with Crippen LogP contribution in [-0.2, 0) is 11.0 Å². The van der Waals surface area contributed by atoms with E-state index in [4.69, 9.17) is 4.74 Å². The fourth-order valence-corrected chi connectivity index (χ4v) is 3.48. The van der Waals surface area contributed by atoms with Crippen LogP contribution in [0.4, 0.5) is 13.2 Å². The largest absolute Gasteiger partial charge is 0.459 e. The van der Waals surface area contributed by atoms with Gasteiger partial charge in [-0.2, -0.15) is 13.2 Å². The number of alkyl halides is 3. The third kappa shape index (κ3) is 4.25. The number of hydrogen-bond donors (Lipinski definition) is 0. The number of hydrogen-bond acceptors (Lipinski definition) is 5. The van der Waals surface area contributed by atoms with Crippen molar-refractivity contribution < 1.29 is 22.7 Å². The number of ether oxygens (including phenoxy) is 1. The van der Waals surface area contributed by atoms with Crippen molar-refractivity contribution in [2.45, 2.75) is 46.7 Å². The summed E-state index contributed by atoms with van der Waals surface area (Å²) in [5.74, 6) is -0.298. The number of amides is 1. The number of likely N-dealkylation sites (N-methyl/N-ethyl adjacent to an activating group) is 1. The quantitative estimate of drug-likeness (QED) is 0.797. The summed E-state index contributed by atoms with van der Waals surface area (Å²) in [4.78, 5) is 14.0. The minimum atomic E-state index is -4.56. The lowest BCUT2D eigenvalue weighted by Gasteiger charge is -2.25. The molecule has 0 fully saturated rings. The Bertz CT molecular complexity index is 653. The van der Waals surface area contributed by atoms with Crippen molar-refractivity contribution >= 4 is 17.2 Å². The van der Waals surface area contributed by atoms with Gasteiger partial charge in [-0.05, 0) is 32.1 Å². The third-order valence-corrected chi connectivity index (χ3v) is 4.67. The van der Waals surface area contributed by atoms with Gasteiger partial charge in [0.05, 0.1) is 0 Å². The minimum Gasteiger partial charge on any atom is -0.459 e. The summed E-state index contributed by atoms with van der Waals surface area (Å²) in [6, 6.07) is 0. The van der Waals surface area contributed by atoms with Gasteiger partial charge >= 0.3 is 6.18 Å². The van der Waals surface area contributed by atoms with Crippen LogP contribution >= 0.6 is 11.3 Å². The molecule has 0 radical (unpaired) electrons. The summed E-state index contributed by atoms with van der Waals surface area (Å²) in [5.41, 5.74) is 2.24. The van der Waals surface area contributed by atoms with Crippen molar-refractivity contribution in [1.29, 1.82) is 0 Å². The zero-order valence-corrected chi connectivity index (χ0v) is 14.8. The molecule has 5 nitrogen and oxygen atoms in total. The van der Waals surface area contributed by atoms with Crippen molar-refractivity contribution in [1.82, 2.24) is 15.1 Å². The van der Waals surface area contributed by atoms with Crippen molar-refractivity contribution in [2.24, 2.45) is 5.41 Å². The Morgan fingerprint density at radius 3 is 2.46 bits per heavy atom. The van der Waals surface area contributed by atoms with Crippen LogP contribution in [0, 0.1) is 5.41 Å². The van der Waals surface area contributed by atoms with Crippen LogP contribution in [-0.4, -0.2) is 34.2 Å². The molecule has 1 amide bonds. The second kappa shape index (κ2) is 6.70. The number of carbonyl (C=O) groups is 1. The van der Waals surface area contributed by atoms with E-state index in [1.807, 2.05) is 13.8 Å². The topological polar surface area (TPSA) is 55.3 Å². The monoisotopic (exact) mass is 363 g/mol. The summed E-state index contributed by atoms with van der Waals surface area (Å²) < 4.78 is 42.5. The zero-order valence-electron chi connectivity index (χ0n) is 14.0. The lowest BCUT2D eigenvalue weighted by molar-refractivity contribution is -0.138. The predicted molar refractivity (Wildman–Crippen MR) is 83.5 cm³/mol. The van der Waals surface area contributed by atoms with Crippen LogP contribution < -0.4 is 4.74 Å². The van der Waals surface area contributed by atoms with Crippen LogP contribution in [0.5, 0.6) is 5.19 Å². The third-order valence-electron chi connectivity index (χ3n) is 3.79. The highest BCUT2D eigenvalue weighted by molar-refractivity contribution is 7.13. The van der Waals surface area contributed by atoms with Gasteiger partial charge in [0, 0.05) is 12.2 Å². The summed E-state index contributed by atoms with van der Waals surface area (Å²) in [6.07, 6.45) is -2.86. The molecule has 1 heterocycles. The molecule has 1 aromatic rings. The summed E-state index contributed by atoms with van der Waals surface area (Å²) in [5, 5.41) is 4.99. The SMILES string of the molecule is CCN(C(=O)COc1nnc(C(F)(F)F)s1)C1=C(C)CC(C)(C)C1. The molecular weight excluding hydrogens is 343 g/mol. The number of allylic oxidation sites excluding steroid dienone is 2. The van der Waals surface area contributed by atoms with E-state index in [0.29, 0.717) is 6.54 Å². The fourth-order valence-electron chi connectivity index (χ4n) is 2.91. The molecule has 0 aromatic carbocycles. The summed E-state index contributed by atoms with van der Waals surface area (Å²) in [6.45, 7) is 8.25. The van der Waals surface area contributed by atoms with Crippen molar-refractivity contribution in [3.8, 4) is 5.19 Å². The molecule has 2 rings (SSSR count). The second-order valence-electron chi connectivity index (χ2n) is 6.54. The maximum Gasteiger partial charge on any atom is 0.445 e. The van der Waals surface area contributed by atoms with Gasteiger partial charge in [0.2, 0.25) is 5.01 Å². The lowest BCUT2D eigenvalue weighted by Crippen LogP contribution is -2.34. The molecule has 0 spiro atoms. The van der Waals surface area contributed by atoms with Gasteiger partial charge in [-0.3, -0.25) is 4.79 Å².